The first-order chi connectivity index (χ1) is 12.7. The van der Waals surface area contributed by atoms with Crippen molar-refractivity contribution in [3.63, 3.8) is 0 Å². The number of aromatic nitrogens is 1. The van der Waals surface area contributed by atoms with Gasteiger partial charge in [-0.25, -0.2) is 4.79 Å². The van der Waals surface area contributed by atoms with Gasteiger partial charge in [0.1, 0.15) is 16.9 Å². The number of benzene rings is 2. The van der Waals surface area contributed by atoms with Crippen LogP contribution in [0.3, 0.4) is 0 Å². The summed E-state index contributed by atoms with van der Waals surface area (Å²) < 4.78 is 10.5. The number of hydrogen-bond donors (Lipinski definition) is 1. The molecule has 6 heteroatoms. The topological polar surface area (TPSA) is 81.4 Å². The van der Waals surface area contributed by atoms with E-state index in [1.807, 2.05) is 18.2 Å². The number of methoxy groups -OCH3 is 1. The minimum Gasteiger partial charge on any atom is -0.497 e. The Morgan fingerprint density at radius 3 is 2.73 bits per heavy atom. The van der Waals surface area contributed by atoms with Crippen LogP contribution in [0.25, 0.3) is 21.9 Å². The molecule has 0 atom stereocenters. The maximum absolute atomic E-state index is 12.7. The largest absolute Gasteiger partial charge is 0.497 e. The molecule has 0 radical (unpaired) electrons. The summed E-state index contributed by atoms with van der Waals surface area (Å²) in [5.74, 6) is 0.0102. The molecule has 0 aliphatic rings. The molecule has 0 aliphatic heterocycles. The molecule has 2 aromatic heterocycles. The third kappa shape index (κ3) is 2.77. The van der Waals surface area contributed by atoms with E-state index in [9.17, 15) is 9.59 Å². The van der Waals surface area contributed by atoms with Crippen LogP contribution in [-0.4, -0.2) is 18.0 Å². The maximum Gasteiger partial charge on any atom is 0.349 e. The van der Waals surface area contributed by atoms with Crippen LogP contribution in [0, 0.1) is 0 Å². The van der Waals surface area contributed by atoms with Crippen LogP contribution >= 0.6 is 0 Å². The van der Waals surface area contributed by atoms with Gasteiger partial charge < -0.3 is 14.5 Å². The van der Waals surface area contributed by atoms with Crippen molar-refractivity contribution < 1.29 is 13.9 Å². The molecule has 1 N–H and O–H groups in total. The van der Waals surface area contributed by atoms with E-state index in [2.05, 4.69) is 10.3 Å². The highest BCUT2D eigenvalue weighted by molar-refractivity contribution is 6.09. The molecule has 2 heterocycles. The fourth-order valence-corrected chi connectivity index (χ4v) is 2.79. The van der Waals surface area contributed by atoms with Crippen molar-refractivity contribution in [3.05, 3.63) is 76.8 Å². The highest BCUT2D eigenvalue weighted by atomic mass is 16.5. The van der Waals surface area contributed by atoms with Gasteiger partial charge in [-0.15, -0.1) is 0 Å². The zero-order valence-corrected chi connectivity index (χ0v) is 13.9. The highest BCUT2D eigenvalue weighted by Crippen LogP contribution is 2.28. The van der Waals surface area contributed by atoms with Gasteiger partial charge in [-0.05, 0) is 24.3 Å². The van der Waals surface area contributed by atoms with Crippen LogP contribution in [0.4, 0.5) is 5.69 Å². The zero-order chi connectivity index (χ0) is 18.1. The van der Waals surface area contributed by atoms with E-state index in [0.29, 0.717) is 27.9 Å². The molecule has 0 aliphatic carbocycles. The van der Waals surface area contributed by atoms with E-state index in [4.69, 9.17) is 9.15 Å². The minimum absolute atomic E-state index is 0.0735. The number of carbonyl (C=O) groups is 1. The predicted octanol–water partition coefficient (Wildman–Crippen LogP) is 3.60. The number of ether oxygens (including phenoxy) is 1. The molecule has 2 aromatic carbocycles. The van der Waals surface area contributed by atoms with Gasteiger partial charge in [0.05, 0.1) is 18.3 Å². The Labute approximate surface area is 148 Å². The SMILES string of the molecule is COc1cc(NC(=O)c2cc3ccccc3oc2=O)c2ncccc2c1. The van der Waals surface area contributed by atoms with Crippen molar-refractivity contribution in [1.82, 2.24) is 4.98 Å². The summed E-state index contributed by atoms with van der Waals surface area (Å²) in [4.78, 5) is 29.2. The van der Waals surface area contributed by atoms with E-state index < -0.39 is 11.5 Å². The zero-order valence-electron chi connectivity index (χ0n) is 13.9. The lowest BCUT2D eigenvalue weighted by molar-refractivity contribution is 0.102. The van der Waals surface area contributed by atoms with Crippen LogP contribution in [0.15, 0.2) is 70.0 Å². The summed E-state index contributed by atoms with van der Waals surface area (Å²) >= 11 is 0. The summed E-state index contributed by atoms with van der Waals surface area (Å²) in [6.07, 6.45) is 1.63. The third-order valence-corrected chi connectivity index (χ3v) is 4.05. The van der Waals surface area contributed by atoms with Crippen molar-refractivity contribution >= 4 is 33.5 Å². The number of carbonyl (C=O) groups excluding carboxylic acids is 1. The molecular weight excluding hydrogens is 332 g/mol. The van der Waals surface area contributed by atoms with Crippen molar-refractivity contribution in [3.8, 4) is 5.75 Å². The quantitative estimate of drug-likeness (QED) is 0.573. The van der Waals surface area contributed by atoms with Crippen molar-refractivity contribution in [2.24, 2.45) is 0 Å². The standard InChI is InChI=1S/C20H14N2O4/c1-25-14-9-13-6-4-8-21-18(13)16(11-14)22-19(23)15-10-12-5-2-3-7-17(12)26-20(15)24/h2-11H,1H3,(H,22,23). The molecule has 0 saturated heterocycles. The Kier molecular flexibility index (Phi) is 3.85. The molecule has 26 heavy (non-hydrogen) atoms. The molecule has 128 valence electrons. The monoisotopic (exact) mass is 346 g/mol. The summed E-state index contributed by atoms with van der Waals surface area (Å²) in [5.41, 5.74) is 0.726. The van der Waals surface area contributed by atoms with E-state index >= 15 is 0 Å². The molecule has 0 bridgehead atoms. The highest BCUT2D eigenvalue weighted by Gasteiger charge is 2.16. The van der Waals surface area contributed by atoms with Gasteiger partial charge in [0.2, 0.25) is 0 Å². The molecule has 4 rings (SSSR count). The number of para-hydroxylation sites is 1. The van der Waals surface area contributed by atoms with Gasteiger partial charge in [0.25, 0.3) is 5.91 Å². The number of amides is 1. The van der Waals surface area contributed by atoms with Crippen LogP contribution in [0.1, 0.15) is 10.4 Å². The van der Waals surface area contributed by atoms with Gasteiger partial charge in [0, 0.05) is 23.0 Å². The van der Waals surface area contributed by atoms with Gasteiger partial charge in [-0.3, -0.25) is 9.78 Å². The van der Waals surface area contributed by atoms with Crippen LogP contribution in [0.5, 0.6) is 5.75 Å². The summed E-state index contributed by atoms with van der Waals surface area (Å²) in [6.45, 7) is 0. The van der Waals surface area contributed by atoms with Crippen molar-refractivity contribution in [2.45, 2.75) is 0 Å². The number of anilines is 1. The first-order valence-corrected chi connectivity index (χ1v) is 7.93. The van der Waals surface area contributed by atoms with E-state index in [1.165, 1.54) is 6.07 Å². The number of fused-ring (bicyclic) bond motifs is 2. The molecule has 0 spiro atoms. The van der Waals surface area contributed by atoms with Crippen LogP contribution in [-0.2, 0) is 0 Å². The first kappa shape index (κ1) is 15.8. The number of rotatable bonds is 3. The van der Waals surface area contributed by atoms with Crippen LogP contribution < -0.4 is 15.7 Å². The Hall–Kier alpha value is -3.67. The molecule has 0 saturated carbocycles. The Bertz CT molecular complexity index is 1200. The van der Waals surface area contributed by atoms with Gasteiger partial charge in [-0.2, -0.15) is 0 Å². The summed E-state index contributed by atoms with van der Waals surface area (Å²) in [5, 5.41) is 4.22. The van der Waals surface area contributed by atoms with Gasteiger partial charge in [-0.1, -0.05) is 24.3 Å². The van der Waals surface area contributed by atoms with Crippen molar-refractivity contribution in [1.29, 1.82) is 0 Å². The van der Waals surface area contributed by atoms with Crippen molar-refractivity contribution in [2.75, 3.05) is 12.4 Å². The third-order valence-electron chi connectivity index (χ3n) is 4.05. The second kappa shape index (κ2) is 6.33. The maximum atomic E-state index is 12.7. The van der Waals surface area contributed by atoms with Gasteiger partial charge in [0.15, 0.2) is 0 Å². The first-order valence-electron chi connectivity index (χ1n) is 7.93. The van der Waals surface area contributed by atoms with E-state index in [0.717, 1.165) is 5.39 Å². The lowest BCUT2D eigenvalue weighted by Crippen LogP contribution is -2.21. The fraction of sp³-hybridized carbons (Fsp3) is 0.0500. The molecule has 0 fully saturated rings. The fourth-order valence-electron chi connectivity index (χ4n) is 2.79. The Morgan fingerprint density at radius 2 is 1.88 bits per heavy atom. The molecule has 6 nitrogen and oxygen atoms in total. The lowest BCUT2D eigenvalue weighted by Gasteiger charge is -2.10. The number of nitrogens with zero attached hydrogens (tertiary/aromatic N) is 1. The smallest absolute Gasteiger partial charge is 0.349 e. The molecule has 1 amide bonds. The van der Waals surface area contributed by atoms with E-state index in [-0.39, 0.29) is 5.56 Å². The molecule has 4 aromatic rings. The number of hydrogen-bond acceptors (Lipinski definition) is 5. The average Bonchev–Trinajstić information content (AvgIpc) is 2.67. The number of nitrogens with one attached hydrogen (secondary N) is 1. The molecular formula is C20H14N2O4. The normalized spacial score (nSPS) is 10.8. The summed E-state index contributed by atoms with van der Waals surface area (Å²) in [6, 6.07) is 15.7. The lowest BCUT2D eigenvalue weighted by atomic mass is 10.1. The second-order valence-electron chi connectivity index (χ2n) is 5.69. The second-order valence-corrected chi connectivity index (χ2v) is 5.69. The Balaban J connectivity index is 1.78. The number of pyridine rings is 1. The average molecular weight is 346 g/mol. The summed E-state index contributed by atoms with van der Waals surface area (Å²) in [7, 11) is 1.54. The van der Waals surface area contributed by atoms with Crippen LogP contribution in [0.2, 0.25) is 0 Å². The Morgan fingerprint density at radius 1 is 1.08 bits per heavy atom. The predicted molar refractivity (Wildman–Crippen MR) is 98.7 cm³/mol. The minimum atomic E-state index is -0.693. The molecule has 0 unspecified atom stereocenters. The van der Waals surface area contributed by atoms with Gasteiger partial charge >= 0.3 is 5.63 Å². The van der Waals surface area contributed by atoms with E-state index in [1.54, 1.807) is 43.6 Å².